The molecule has 1 aliphatic rings. The van der Waals surface area contributed by atoms with Crippen LogP contribution in [0, 0.1) is 0 Å². The van der Waals surface area contributed by atoms with Gasteiger partial charge in [0.25, 0.3) is 22.2 Å². The number of H-pyrrole nitrogens is 4. The number of rotatable bonds is 12. The standard InChI is InChI=1S/C53H50N8O4.CH4/c1-7-60(42-28-30-46-48(32-42)52(64)56-54-50(46)62)40-24-16-36(17-25-40)44(34-12-20-38(21-13-34)58(3)4)10-9-11-45(35-14-22-39(23-15-35)59(5)6)37-18-26-41(27-19-37)61(8-2)43-29-31-47-49(33-43)53(65)57-55-51(47)63;/h9-33H,7-8H2,1-6H3,(H3-,54,55,56,57,62,63,64,65);1H4/p+1. The minimum atomic E-state index is -0.348. The summed E-state index contributed by atoms with van der Waals surface area (Å²) in [5.41, 5.74) is 10.5. The van der Waals surface area contributed by atoms with Gasteiger partial charge in [-0.2, -0.15) is 4.58 Å². The summed E-state index contributed by atoms with van der Waals surface area (Å²) < 4.78 is 2.11. The SMILES string of the molecule is C.CCN(c1ccc(/C(=C/C=C/C(=C2C=CC(=[N+](CC)c3ccc4c(=O)[nH][nH]c(=O)c4c3)C=C2)c2ccc(N(C)C)cc2)c2ccc(N(C)C)cc2)cc1)c1ccc2c(=O)[nH][nH]c(=O)c2c1. The maximum absolute atomic E-state index is 12.6. The Bertz CT molecular complexity index is 3340. The summed E-state index contributed by atoms with van der Waals surface area (Å²) in [7, 11) is 8.11. The molecule has 0 bridgehead atoms. The Kier molecular flexibility index (Phi) is 13.6. The molecule has 0 aliphatic heterocycles. The van der Waals surface area contributed by atoms with E-state index in [9.17, 15) is 19.2 Å². The topological polar surface area (TPSA) is 144 Å². The Morgan fingerprint density at radius 2 is 0.985 bits per heavy atom. The molecule has 5 aromatic carbocycles. The van der Waals surface area contributed by atoms with Crippen LogP contribution in [0.3, 0.4) is 0 Å². The second-order valence-corrected chi connectivity index (χ2v) is 16.1. The predicted octanol–water partition coefficient (Wildman–Crippen LogP) is 9.05. The molecule has 12 nitrogen and oxygen atoms in total. The number of nitrogens with one attached hydrogen (secondary N) is 4. The number of fused-ring (bicyclic) bond motifs is 2. The Morgan fingerprint density at radius 1 is 0.530 bits per heavy atom. The molecule has 334 valence electrons. The Morgan fingerprint density at radius 3 is 1.48 bits per heavy atom. The number of aromatic amines is 4. The molecule has 12 heteroatoms. The van der Waals surface area contributed by atoms with Crippen LogP contribution in [-0.4, -0.2) is 72.0 Å². The molecule has 0 unspecified atom stereocenters. The van der Waals surface area contributed by atoms with Crippen molar-refractivity contribution in [3.8, 4) is 0 Å². The highest BCUT2D eigenvalue weighted by atomic mass is 16.2. The maximum atomic E-state index is 12.6. The molecule has 8 rings (SSSR count). The number of aromatic nitrogens is 4. The first-order chi connectivity index (χ1) is 31.4. The van der Waals surface area contributed by atoms with E-state index in [1.54, 1.807) is 24.3 Å². The first-order valence-electron chi connectivity index (χ1n) is 21.5. The fourth-order valence-electron chi connectivity index (χ4n) is 8.18. The van der Waals surface area contributed by atoms with Crippen molar-refractivity contribution in [1.82, 2.24) is 20.4 Å². The van der Waals surface area contributed by atoms with Crippen LogP contribution in [0.2, 0.25) is 0 Å². The van der Waals surface area contributed by atoms with Crippen molar-refractivity contribution < 1.29 is 4.58 Å². The van der Waals surface area contributed by atoms with Crippen molar-refractivity contribution in [2.45, 2.75) is 21.3 Å². The van der Waals surface area contributed by atoms with E-state index in [2.05, 4.69) is 169 Å². The van der Waals surface area contributed by atoms with Crippen LogP contribution in [0.15, 0.2) is 176 Å². The van der Waals surface area contributed by atoms with Gasteiger partial charge >= 0.3 is 0 Å². The largest absolute Gasteiger partial charge is 0.378 e. The first kappa shape index (κ1) is 45.8. The van der Waals surface area contributed by atoms with Crippen molar-refractivity contribution in [2.75, 3.05) is 56.0 Å². The van der Waals surface area contributed by atoms with E-state index in [0.717, 1.165) is 67.6 Å². The van der Waals surface area contributed by atoms with Crippen molar-refractivity contribution in [1.29, 1.82) is 0 Å². The van der Waals surface area contributed by atoms with Gasteiger partial charge in [-0.15, -0.1) is 0 Å². The smallest absolute Gasteiger partial charge is 0.270 e. The lowest BCUT2D eigenvalue weighted by Crippen LogP contribution is -2.20. The highest BCUT2D eigenvalue weighted by Crippen LogP contribution is 2.32. The third-order valence-electron chi connectivity index (χ3n) is 11.7. The van der Waals surface area contributed by atoms with E-state index in [1.807, 2.05) is 40.3 Å². The zero-order valence-corrected chi connectivity index (χ0v) is 37.3. The Hall–Kier alpha value is -8.25. The second kappa shape index (κ2) is 19.6. The van der Waals surface area contributed by atoms with Gasteiger partial charge in [0.2, 0.25) is 11.4 Å². The molecular weight excluding hydrogens is 825 g/mol. The first-order valence-corrected chi connectivity index (χ1v) is 21.5. The lowest BCUT2D eigenvalue weighted by Gasteiger charge is -2.24. The van der Waals surface area contributed by atoms with E-state index in [4.69, 9.17) is 0 Å². The molecule has 4 N–H and O–H groups in total. The fraction of sp³-hybridized carbons (Fsp3) is 0.167. The third-order valence-corrected chi connectivity index (χ3v) is 11.7. The molecule has 0 fully saturated rings. The molecule has 1 aliphatic carbocycles. The predicted molar refractivity (Wildman–Crippen MR) is 275 cm³/mol. The lowest BCUT2D eigenvalue weighted by atomic mass is 9.94. The summed E-state index contributed by atoms with van der Waals surface area (Å²) in [6, 6.07) is 36.1. The number of nitrogens with zero attached hydrogens (tertiary/aromatic N) is 4. The monoisotopic (exact) mass is 879 g/mol. The quantitative estimate of drug-likeness (QED) is 0.0709. The molecular formula is C54H55N8O4+. The summed E-state index contributed by atoms with van der Waals surface area (Å²) in [6.45, 7) is 5.39. The Labute approximate surface area is 383 Å². The summed E-state index contributed by atoms with van der Waals surface area (Å²) in [4.78, 5) is 56.3. The van der Waals surface area contributed by atoms with Crippen LogP contribution in [0.5, 0.6) is 0 Å². The second-order valence-electron chi connectivity index (χ2n) is 16.1. The molecule has 0 spiro atoms. The molecule has 0 atom stereocenters. The van der Waals surface area contributed by atoms with Crippen molar-refractivity contribution in [2.24, 2.45) is 0 Å². The minimum Gasteiger partial charge on any atom is -0.378 e. The molecule has 7 aromatic rings. The summed E-state index contributed by atoms with van der Waals surface area (Å²) in [6.07, 6.45) is 14.8. The highest BCUT2D eigenvalue weighted by molar-refractivity contribution is 6.04. The van der Waals surface area contributed by atoms with Gasteiger partial charge in [-0.1, -0.05) is 62.1 Å². The molecule has 0 radical (unpaired) electrons. The molecule has 0 saturated carbocycles. The lowest BCUT2D eigenvalue weighted by molar-refractivity contribution is -0.434. The maximum Gasteiger partial charge on any atom is 0.270 e. The van der Waals surface area contributed by atoms with E-state index in [1.165, 1.54) is 0 Å². The molecule has 2 aromatic heterocycles. The van der Waals surface area contributed by atoms with Gasteiger partial charge in [0.1, 0.15) is 6.54 Å². The zero-order chi connectivity index (χ0) is 45.8. The van der Waals surface area contributed by atoms with Crippen molar-refractivity contribution >= 4 is 66.8 Å². The number of allylic oxidation sites excluding steroid dienone is 9. The van der Waals surface area contributed by atoms with Gasteiger partial charge in [-0.05, 0) is 120 Å². The van der Waals surface area contributed by atoms with Crippen LogP contribution in [-0.2, 0) is 0 Å². The van der Waals surface area contributed by atoms with Crippen molar-refractivity contribution in [3.63, 3.8) is 0 Å². The van der Waals surface area contributed by atoms with Crippen LogP contribution >= 0.6 is 0 Å². The van der Waals surface area contributed by atoms with Crippen LogP contribution < -0.4 is 36.9 Å². The number of hydrogen-bond donors (Lipinski definition) is 4. The zero-order valence-electron chi connectivity index (χ0n) is 37.3. The average Bonchev–Trinajstić information content (AvgIpc) is 3.33. The van der Waals surface area contributed by atoms with Gasteiger partial charge in [-0.3, -0.25) is 39.6 Å². The van der Waals surface area contributed by atoms with Gasteiger partial charge in [0.05, 0.1) is 21.5 Å². The van der Waals surface area contributed by atoms with E-state index in [0.29, 0.717) is 34.6 Å². The number of anilines is 4. The fourth-order valence-corrected chi connectivity index (χ4v) is 8.18. The van der Waals surface area contributed by atoms with E-state index in [-0.39, 0.29) is 29.7 Å². The summed E-state index contributed by atoms with van der Waals surface area (Å²) in [5, 5.41) is 11.0. The van der Waals surface area contributed by atoms with E-state index < -0.39 is 0 Å². The Balaban J connectivity index is 0.00000648. The third kappa shape index (κ3) is 9.34. The summed E-state index contributed by atoms with van der Waals surface area (Å²) in [5.74, 6) is 0. The minimum absolute atomic E-state index is 0. The van der Waals surface area contributed by atoms with Gasteiger partial charge in [0.15, 0.2) is 0 Å². The van der Waals surface area contributed by atoms with Gasteiger partial charge < -0.3 is 14.7 Å². The molecule has 0 saturated heterocycles. The van der Waals surface area contributed by atoms with Crippen LogP contribution in [0.25, 0.3) is 32.7 Å². The van der Waals surface area contributed by atoms with Crippen LogP contribution in [0.1, 0.15) is 38.0 Å². The van der Waals surface area contributed by atoms with E-state index >= 15 is 0 Å². The number of hydrogen-bond acceptors (Lipinski definition) is 7. The van der Waals surface area contributed by atoms with Crippen LogP contribution in [0.4, 0.5) is 28.4 Å². The van der Waals surface area contributed by atoms with Gasteiger partial charge in [0, 0.05) is 81.8 Å². The average molecular weight is 880 g/mol. The molecule has 66 heavy (non-hydrogen) atoms. The highest BCUT2D eigenvalue weighted by Gasteiger charge is 2.18. The molecule has 0 amide bonds. The van der Waals surface area contributed by atoms with Gasteiger partial charge in [-0.25, -0.2) is 0 Å². The summed E-state index contributed by atoms with van der Waals surface area (Å²) >= 11 is 0. The normalized spacial score (nSPS) is 12.5. The molecule has 2 heterocycles. The number of benzene rings is 5. The van der Waals surface area contributed by atoms with Crippen molar-refractivity contribution in [3.05, 3.63) is 215 Å².